The van der Waals surface area contributed by atoms with Gasteiger partial charge in [0, 0.05) is 6.07 Å². The number of aromatic nitrogens is 3. The lowest BCUT2D eigenvalue weighted by molar-refractivity contribution is -0.0494. The Bertz CT molecular complexity index is 1050. The highest BCUT2D eigenvalue weighted by Crippen LogP contribution is 2.29. The predicted octanol–water partition coefficient (Wildman–Crippen LogP) is 4.77. The zero-order chi connectivity index (χ0) is 21.3. The van der Waals surface area contributed by atoms with Gasteiger partial charge in [-0.05, 0) is 30.7 Å². The Morgan fingerprint density at radius 2 is 1.79 bits per heavy atom. The van der Waals surface area contributed by atoms with E-state index in [4.69, 9.17) is 0 Å². The first-order valence-corrected chi connectivity index (χ1v) is 7.99. The van der Waals surface area contributed by atoms with E-state index in [1.165, 1.54) is 18.2 Å². The van der Waals surface area contributed by atoms with E-state index in [1.54, 1.807) is 6.92 Å². The molecule has 0 saturated heterocycles. The largest absolute Gasteiger partial charge is 0.433 e. The standard InChI is InChI=1S/C17H12F6N4O2/c1-7-2-3-8(12(4-7)29-17(22)23)25-16(28)10-6-13-24-9(14(18)19)5-11(15(20)21)27(13)26-10/h2-6,14-15,17H,1H3,(H,25,28). The van der Waals surface area contributed by atoms with Crippen LogP contribution in [0.4, 0.5) is 32.0 Å². The molecule has 154 valence electrons. The van der Waals surface area contributed by atoms with Crippen molar-refractivity contribution in [3.8, 4) is 5.75 Å². The topological polar surface area (TPSA) is 68.5 Å². The number of alkyl halides is 6. The summed E-state index contributed by atoms with van der Waals surface area (Å²) in [6.45, 7) is -1.53. The van der Waals surface area contributed by atoms with Crippen molar-refractivity contribution in [1.29, 1.82) is 0 Å². The molecule has 12 heteroatoms. The third-order valence-corrected chi connectivity index (χ3v) is 3.76. The third kappa shape index (κ3) is 4.41. The number of nitrogens with one attached hydrogen (secondary N) is 1. The minimum atomic E-state index is -3.16. The van der Waals surface area contributed by atoms with E-state index in [0.29, 0.717) is 16.1 Å². The van der Waals surface area contributed by atoms with Crippen LogP contribution in [0, 0.1) is 6.92 Å². The number of hydrogen-bond donors (Lipinski definition) is 1. The summed E-state index contributed by atoms with van der Waals surface area (Å²) < 4.78 is 82.2. The van der Waals surface area contributed by atoms with Crippen LogP contribution >= 0.6 is 0 Å². The Hall–Kier alpha value is -3.31. The molecule has 1 N–H and O–H groups in total. The molecule has 0 aliphatic rings. The second-order valence-electron chi connectivity index (χ2n) is 5.84. The Labute approximate surface area is 159 Å². The highest BCUT2D eigenvalue weighted by atomic mass is 19.3. The summed E-state index contributed by atoms with van der Waals surface area (Å²) >= 11 is 0. The fourth-order valence-electron chi connectivity index (χ4n) is 2.51. The van der Waals surface area contributed by atoms with Gasteiger partial charge >= 0.3 is 6.61 Å². The molecular formula is C17H12F6N4O2. The zero-order valence-corrected chi connectivity index (χ0v) is 14.5. The Balaban J connectivity index is 1.97. The van der Waals surface area contributed by atoms with Crippen molar-refractivity contribution in [2.45, 2.75) is 26.4 Å². The van der Waals surface area contributed by atoms with Crippen LogP contribution in [0.25, 0.3) is 5.65 Å². The smallest absolute Gasteiger partial charge is 0.387 e. The van der Waals surface area contributed by atoms with Crippen molar-refractivity contribution in [2.75, 3.05) is 5.32 Å². The predicted molar refractivity (Wildman–Crippen MR) is 88.7 cm³/mol. The molecular weight excluding hydrogens is 406 g/mol. The molecule has 6 nitrogen and oxygen atoms in total. The van der Waals surface area contributed by atoms with Crippen LogP contribution in [-0.2, 0) is 0 Å². The molecule has 3 aromatic rings. The van der Waals surface area contributed by atoms with Gasteiger partial charge < -0.3 is 10.1 Å². The lowest BCUT2D eigenvalue weighted by atomic mass is 10.2. The van der Waals surface area contributed by atoms with E-state index in [9.17, 15) is 31.1 Å². The average molecular weight is 418 g/mol. The number of halogens is 6. The first kappa shape index (κ1) is 20.4. The lowest BCUT2D eigenvalue weighted by Gasteiger charge is -2.12. The van der Waals surface area contributed by atoms with Crippen LogP contribution in [-0.4, -0.2) is 27.1 Å². The molecule has 0 fully saturated rings. The molecule has 0 radical (unpaired) electrons. The maximum atomic E-state index is 13.2. The van der Waals surface area contributed by atoms with Gasteiger partial charge in [0.05, 0.1) is 5.69 Å². The Morgan fingerprint density at radius 1 is 1.07 bits per heavy atom. The molecule has 0 bridgehead atoms. The number of amides is 1. The zero-order valence-electron chi connectivity index (χ0n) is 14.5. The minimum absolute atomic E-state index is 0.117. The summed E-state index contributed by atoms with van der Waals surface area (Å²) in [6, 6.07) is 5.50. The number of benzene rings is 1. The first-order valence-electron chi connectivity index (χ1n) is 7.99. The summed E-state index contributed by atoms with van der Waals surface area (Å²) in [5.74, 6) is -1.28. The quantitative estimate of drug-likeness (QED) is 0.586. The van der Waals surface area contributed by atoms with Crippen LogP contribution in [0.3, 0.4) is 0 Å². The first-order chi connectivity index (χ1) is 13.7. The van der Waals surface area contributed by atoms with E-state index in [-0.39, 0.29) is 11.4 Å². The molecule has 0 aliphatic heterocycles. The minimum Gasteiger partial charge on any atom is -0.433 e. The number of hydrogen-bond acceptors (Lipinski definition) is 4. The number of nitrogens with zero attached hydrogens (tertiary/aromatic N) is 3. The van der Waals surface area contributed by atoms with Crippen molar-refractivity contribution in [1.82, 2.24) is 14.6 Å². The van der Waals surface area contributed by atoms with Gasteiger partial charge in [-0.2, -0.15) is 13.9 Å². The monoisotopic (exact) mass is 418 g/mol. The second kappa shape index (κ2) is 7.97. The second-order valence-corrected chi connectivity index (χ2v) is 5.84. The van der Waals surface area contributed by atoms with Crippen molar-refractivity contribution in [3.05, 3.63) is 53.0 Å². The van der Waals surface area contributed by atoms with Crippen molar-refractivity contribution >= 4 is 17.2 Å². The van der Waals surface area contributed by atoms with Crippen molar-refractivity contribution in [2.24, 2.45) is 0 Å². The lowest BCUT2D eigenvalue weighted by Crippen LogP contribution is -2.15. The Morgan fingerprint density at radius 3 is 2.41 bits per heavy atom. The molecule has 0 unspecified atom stereocenters. The molecule has 29 heavy (non-hydrogen) atoms. The normalized spacial score (nSPS) is 11.7. The van der Waals surface area contributed by atoms with Gasteiger partial charge in [0.1, 0.15) is 17.1 Å². The molecule has 1 amide bonds. The average Bonchev–Trinajstić information content (AvgIpc) is 3.06. The summed E-state index contributed by atoms with van der Waals surface area (Å²) in [5.41, 5.74) is -2.14. The fourth-order valence-corrected chi connectivity index (χ4v) is 2.51. The van der Waals surface area contributed by atoms with Gasteiger partial charge in [0.25, 0.3) is 18.8 Å². The van der Waals surface area contributed by atoms with Gasteiger partial charge in [0.2, 0.25) is 0 Å². The van der Waals surface area contributed by atoms with Crippen LogP contribution in [0.15, 0.2) is 30.3 Å². The summed E-state index contributed by atoms with van der Waals surface area (Å²) in [4.78, 5) is 15.9. The number of carbonyl (C=O) groups is 1. The highest BCUT2D eigenvalue weighted by molar-refractivity contribution is 6.04. The number of aryl methyl sites for hydroxylation is 1. The number of anilines is 1. The van der Waals surface area contributed by atoms with Crippen LogP contribution in [0.1, 0.15) is 40.3 Å². The van der Waals surface area contributed by atoms with E-state index in [2.05, 4.69) is 20.1 Å². The summed E-state index contributed by atoms with van der Waals surface area (Å²) in [7, 11) is 0. The van der Waals surface area contributed by atoms with E-state index >= 15 is 0 Å². The van der Waals surface area contributed by atoms with Gasteiger partial charge in [-0.3, -0.25) is 4.79 Å². The highest BCUT2D eigenvalue weighted by Gasteiger charge is 2.22. The van der Waals surface area contributed by atoms with Crippen LogP contribution in [0.5, 0.6) is 5.75 Å². The van der Waals surface area contributed by atoms with Gasteiger partial charge in [-0.1, -0.05) is 6.07 Å². The summed E-state index contributed by atoms with van der Waals surface area (Å²) in [6.07, 6.45) is -6.26. The van der Waals surface area contributed by atoms with Crippen LogP contribution < -0.4 is 10.1 Å². The molecule has 1 aromatic carbocycles. The van der Waals surface area contributed by atoms with Crippen molar-refractivity contribution < 1.29 is 35.9 Å². The third-order valence-electron chi connectivity index (χ3n) is 3.76. The Kier molecular flexibility index (Phi) is 5.62. The van der Waals surface area contributed by atoms with Crippen LogP contribution in [0.2, 0.25) is 0 Å². The number of carbonyl (C=O) groups excluding carboxylic acids is 1. The number of rotatable bonds is 6. The number of fused-ring (bicyclic) bond motifs is 1. The molecule has 0 spiro atoms. The maximum absolute atomic E-state index is 13.2. The molecule has 0 atom stereocenters. The van der Waals surface area contributed by atoms with E-state index in [0.717, 1.165) is 6.07 Å². The van der Waals surface area contributed by atoms with Crippen molar-refractivity contribution in [3.63, 3.8) is 0 Å². The molecule has 0 aliphatic carbocycles. The molecule has 0 saturated carbocycles. The molecule has 2 aromatic heterocycles. The fraction of sp³-hybridized carbons (Fsp3) is 0.235. The van der Waals surface area contributed by atoms with E-state index in [1.807, 2.05) is 0 Å². The van der Waals surface area contributed by atoms with Gasteiger partial charge in [-0.25, -0.2) is 27.1 Å². The van der Waals surface area contributed by atoms with Gasteiger partial charge in [-0.15, -0.1) is 0 Å². The maximum Gasteiger partial charge on any atom is 0.387 e. The SMILES string of the molecule is Cc1ccc(NC(=O)c2cc3nc(C(F)F)cc(C(F)F)n3n2)c(OC(F)F)c1. The molecule has 3 rings (SSSR count). The van der Waals surface area contributed by atoms with E-state index < -0.39 is 48.1 Å². The number of ether oxygens (including phenoxy) is 1. The summed E-state index contributed by atoms with van der Waals surface area (Å²) in [5, 5.41) is 5.94. The molecule has 2 heterocycles. The van der Waals surface area contributed by atoms with Gasteiger partial charge in [0.15, 0.2) is 11.3 Å².